The normalized spacial score (nSPS) is 17.7. The summed E-state index contributed by atoms with van der Waals surface area (Å²) < 4.78 is 0. The molecule has 1 unspecified atom stereocenters. The number of nitrogens with one attached hydrogen (secondary N) is 1. The summed E-state index contributed by atoms with van der Waals surface area (Å²) in [6.45, 7) is 6.48. The van der Waals surface area contributed by atoms with Crippen molar-refractivity contribution >= 4 is 24.2 Å². The van der Waals surface area contributed by atoms with Crippen LogP contribution in [0.2, 0.25) is 0 Å². The standard InChI is InChI=1S/C13H25N3O2.ClH/c1-4-16(5-2)13(18)10-15(3)12(17)9-11-7-6-8-14-11;/h11,14H,4-10H2,1-3H3;1H. The third-order valence-corrected chi connectivity index (χ3v) is 3.50. The number of halogens is 1. The molecule has 0 bridgehead atoms. The molecule has 0 aromatic rings. The first kappa shape index (κ1) is 18.2. The van der Waals surface area contributed by atoms with Crippen LogP contribution in [-0.4, -0.2) is 60.9 Å². The Morgan fingerprint density at radius 2 is 1.84 bits per heavy atom. The average Bonchev–Trinajstić information content (AvgIpc) is 2.83. The van der Waals surface area contributed by atoms with Gasteiger partial charge in [-0.3, -0.25) is 9.59 Å². The molecule has 1 saturated heterocycles. The highest BCUT2D eigenvalue weighted by Crippen LogP contribution is 2.10. The summed E-state index contributed by atoms with van der Waals surface area (Å²) in [6, 6.07) is 0.295. The molecule has 0 aromatic carbocycles. The third-order valence-electron chi connectivity index (χ3n) is 3.50. The molecule has 1 atom stereocenters. The van der Waals surface area contributed by atoms with Gasteiger partial charge in [0.1, 0.15) is 0 Å². The lowest BCUT2D eigenvalue weighted by Crippen LogP contribution is -2.42. The first-order chi connectivity index (χ1) is 8.58. The van der Waals surface area contributed by atoms with Crippen LogP contribution in [0, 0.1) is 0 Å². The van der Waals surface area contributed by atoms with E-state index in [0.29, 0.717) is 25.6 Å². The largest absolute Gasteiger partial charge is 0.342 e. The summed E-state index contributed by atoms with van der Waals surface area (Å²) >= 11 is 0. The third kappa shape index (κ3) is 5.78. The van der Waals surface area contributed by atoms with Crippen LogP contribution in [0.25, 0.3) is 0 Å². The zero-order valence-electron chi connectivity index (χ0n) is 12.1. The molecular formula is C13H26ClN3O2. The fraction of sp³-hybridized carbons (Fsp3) is 0.846. The van der Waals surface area contributed by atoms with E-state index in [2.05, 4.69) is 5.32 Å². The Kier molecular flexibility index (Phi) is 8.76. The molecule has 0 aliphatic carbocycles. The van der Waals surface area contributed by atoms with Gasteiger partial charge in [-0.2, -0.15) is 0 Å². The summed E-state index contributed by atoms with van der Waals surface area (Å²) in [5.41, 5.74) is 0. The molecule has 19 heavy (non-hydrogen) atoms. The van der Waals surface area contributed by atoms with Crippen molar-refractivity contribution in [1.29, 1.82) is 0 Å². The fourth-order valence-corrected chi connectivity index (χ4v) is 2.26. The van der Waals surface area contributed by atoms with E-state index in [1.165, 1.54) is 0 Å². The van der Waals surface area contributed by atoms with Crippen LogP contribution in [-0.2, 0) is 9.59 Å². The van der Waals surface area contributed by atoms with Crippen molar-refractivity contribution in [1.82, 2.24) is 15.1 Å². The van der Waals surface area contributed by atoms with E-state index in [1.54, 1.807) is 16.8 Å². The second-order valence-corrected chi connectivity index (χ2v) is 4.81. The molecule has 1 rings (SSSR count). The van der Waals surface area contributed by atoms with Gasteiger partial charge in [0.05, 0.1) is 6.54 Å². The molecule has 0 spiro atoms. The Labute approximate surface area is 122 Å². The molecule has 0 radical (unpaired) electrons. The highest BCUT2D eigenvalue weighted by atomic mass is 35.5. The van der Waals surface area contributed by atoms with Crippen molar-refractivity contribution in [3.8, 4) is 0 Å². The van der Waals surface area contributed by atoms with Gasteiger partial charge < -0.3 is 15.1 Å². The molecule has 1 N–H and O–H groups in total. The molecule has 0 saturated carbocycles. The number of nitrogens with zero attached hydrogens (tertiary/aromatic N) is 2. The molecule has 1 aliphatic heterocycles. The summed E-state index contributed by atoms with van der Waals surface area (Å²) in [5, 5.41) is 3.30. The van der Waals surface area contributed by atoms with E-state index in [0.717, 1.165) is 19.4 Å². The number of rotatable bonds is 6. The minimum Gasteiger partial charge on any atom is -0.342 e. The zero-order chi connectivity index (χ0) is 13.5. The van der Waals surface area contributed by atoms with Crippen molar-refractivity contribution in [2.75, 3.05) is 33.2 Å². The van der Waals surface area contributed by atoms with Crippen LogP contribution in [0.15, 0.2) is 0 Å². The summed E-state index contributed by atoms with van der Waals surface area (Å²) in [7, 11) is 1.71. The molecule has 6 heteroatoms. The Bertz CT molecular complexity index is 290. The average molecular weight is 292 g/mol. The van der Waals surface area contributed by atoms with Gasteiger partial charge in [-0.25, -0.2) is 0 Å². The molecule has 2 amide bonds. The molecule has 1 aliphatic rings. The van der Waals surface area contributed by atoms with Gasteiger partial charge in [0.25, 0.3) is 0 Å². The summed E-state index contributed by atoms with van der Waals surface area (Å²) in [4.78, 5) is 27.1. The topological polar surface area (TPSA) is 52.7 Å². The number of likely N-dealkylation sites (N-methyl/N-ethyl adjacent to an activating group) is 2. The molecule has 1 heterocycles. The highest BCUT2D eigenvalue weighted by Gasteiger charge is 2.21. The van der Waals surface area contributed by atoms with Crippen molar-refractivity contribution < 1.29 is 9.59 Å². The van der Waals surface area contributed by atoms with Crippen LogP contribution in [0.4, 0.5) is 0 Å². The highest BCUT2D eigenvalue weighted by molar-refractivity contribution is 5.85. The summed E-state index contributed by atoms with van der Waals surface area (Å²) in [5.74, 6) is 0.0742. The number of amides is 2. The predicted octanol–water partition coefficient (Wildman–Crippen LogP) is 0.877. The second-order valence-electron chi connectivity index (χ2n) is 4.81. The van der Waals surface area contributed by atoms with Gasteiger partial charge in [0.2, 0.25) is 11.8 Å². The first-order valence-corrected chi connectivity index (χ1v) is 6.83. The molecule has 1 fully saturated rings. The maximum absolute atomic E-state index is 11.9. The Balaban J connectivity index is 0.00000324. The molecule has 5 nitrogen and oxygen atoms in total. The Morgan fingerprint density at radius 3 is 2.32 bits per heavy atom. The van der Waals surface area contributed by atoms with Gasteiger partial charge in [-0.1, -0.05) is 0 Å². The number of carbonyl (C=O) groups is 2. The molecule has 112 valence electrons. The number of hydrogen-bond acceptors (Lipinski definition) is 3. The second kappa shape index (κ2) is 9.15. The van der Waals surface area contributed by atoms with Gasteiger partial charge in [0.15, 0.2) is 0 Å². The van der Waals surface area contributed by atoms with E-state index in [-0.39, 0.29) is 30.8 Å². The number of carbonyl (C=O) groups excluding carboxylic acids is 2. The van der Waals surface area contributed by atoms with Gasteiger partial charge in [-0.05, 0) is 33.2 Å². The van der Waals surface area contributed by atoms with Crippen LogP contribution in [0.3, 0.4) is 0 Å². The van der Waals surface area contributed by atoms with Crippen molar-refractivity contribution in [3.05, 3.63) is 0 Å². The Hall–Kier alpha value is -0.810. The Morgan fingerprint density at radius 1 is 1.21 bits per heavy atom. The van der Waals surface area contributed by atoms with Crippen molar-refractivity contribution in [3.63, 3.8) is 0 Å². The van der Waals surface area contributed by atoms with Crippen LogP contribution >= 0.6 is 12.4 Å². The van der Waals surface area contributed by atoms with E-state index in [9.17, 15) is 9.59 Å². The lowest BCUT2D eigenvalue weighted by Gasteiger charge is -2.24. The van der Waals surface area contributed by atoms with Crippen LogP contribution in [0.1, 0.15) is 33.1 Å². The van der Waals surface area contributed by atoms with Gasteiger partial charge in [-0.15, -0.1) is 12.4 Å². The molecule has 0 aromatic heterocycles. The molecular weight excluding hydrogens is 266 g/mol. The van der Waals surface area contributed by atoms with Crippen LogP contribution in [0.5, 0.6) is 0 Å². The SMILES string of the molecule is CCN(CC)C(=O)CN(C)C(=O)CC1CCCN1.Cl. The maximum Gasteiger partial charge on any atom is 0.242 e. The minimum atomic E-state index is 0. The smallest absolute Gasteiger partial charge is 0.242 e. The quantitative estimate of drug-likeness (QED) is 0.790. The van der Waals surface area contributed by atoms with E-state index < -0.39 is 0 Å². The van der Waals surface area contributed by atoms with Gasteiger partial charge in [0, 0.05) is 32.6 Å². The van der Waals surface area contributed by atoms with E-state index in [4.69, 9.17) is 0 Å². The van der Waals surface area contributed by atoms with Crippen molar-refractivity contribution in [2.45, 2.75) is 39.2 Å². The minimum absolute atomic E-state index is 0. The van der Waals surface area contributed by atoms with E-state index >= 15 is 0 Å². The lowest BCUT2D eigenvalue weighted by molar-refractivity contribution is -0.139. The van der Waals surface area contributed by atoms with Crippen molar-refractivity contribution in [2.24, 2.45) is 0 Å². The maximum atomic E-state index is 11.9. The van der Waals surface area contributed by atoms with E-state index in [1.807, 2.05) is 13.8 Å². The first-order valence-electron chi connectivity index (χ1n) is 6.83. The summed E-state index contributed by atoms with van der Waals surface area (Å²) in [6.07, 6.45) is 2.70. The fourth-order valence-electron chi connectivity index (χ4n) is 2.26. The lowest BCUT2D eigenvalue weighted by atomic mass is 10.1. The monoisotopic (exact) mass is 291 g/mol. The van der Waals surface area contributed by atoms with Crippen LogP contribution < -0.4 is 5.32 Å². The zero-order valence-corrected chi connectivity index (χ0v) is 13.0. The predicted molar refractivity (Wildman–Crippen MR) is 78.5 cm³/mol. The number of hydrogen-bond donors (Lipinski definition) is 1. The van der Waals surface area contributed by atoms with Gasteiger partial charge >= 0.3 is 0 Å².